The Morgan fingerprint density at radius 2 is 2.10 bits per heavy atom. The molecule has 1 amide bonds. The van der Waals surface area contributed by atoms with Crippen LogP contribution in [0.4, 0.5) is 0 Å². The van der Waals surface area contributed by atoms with Gasteiger partial charge in [0.2, 0.25) is 5.91 Å². The Hall–Kier alpha value is -0.900. The topological polar surface area (TPSA) is 72.2 Å². The predicted molar refractivity (Wildman–Crippen MR) is 37.4 cm³/mol. The molecule has 0 aliphatic rings. The highest BCUT2D eigenvalue weighted by Gasteiger charge is 1.99. The summed E-state index contributed by atoms with van der Waals surface area (Å²) in [5.41, 5.74) is 4.98. The van der Waals surface area contributed by atoms with E-state index in [1.807, 2.05) is 0 Å². The van der Waals surface area contributed by atoms with E-state index in [0.29, 0.717) is 6.42 Å². The van der Waals surface area contributed by atoms with Gasteiger partial charge in [-0.3, -0.25) is 9.59 Å². The molecule has 0 saturated carbocycles. The maximum absolute atomic E-state index is 10.6. The van der Waals surface area contributed by atoms with Gasteiger partial charge in [0, 0.05) is 6.42 Å². The monoisotopic (exact) mass is 144 g/mol. The molecule has 0 bridgehead atoms. The number of amides is 1. The number of rotatable bonds is 4. The minimum atomic E-state index is -0.290. The van der Waals surface area contributed by atoms with Gasteiger partial charge in [0.05, 0.1) is 13.1 Å². The molecule has 0 saturated heterocycles. The molecule has 4 heteroatoms. The summed E-state index contributed by atoms with van der Waals surface area (Å²) < 4.78 is 0. The fraction of sp³-hybridized carbons (Fsp3) is 0.667. The molecule has 0 aliphatic carbocycles. The zero-order valence-corrected chi connectivity index (χ0v) is 6.02. The smallest absolute Gasteiger partial charge is 0.234 e. The number of ketones is 1. The summed E-state index contributed by atoms with van der Waals surface area (Å²) in [5, 5.41) is 2.37. The molecule has 0 atom stereocenters. The normalized spacial score (nSPS) is 9.00. The van der Waals surface area contributed by atoms with Gasteiger partial charge in [-0.05, 0) is 0 Å². The van der Waals surface area contributed by atoms with Gasteiger partial charge < -0.3 is 11.1 Å². The first kappa shape index (κ1) is 9.10. The molecule has 0 spiro atoms. The Balaban J connectivity index is 3.35. The highest BCUT2D eigenvalue weighted by Crippen LogP contribution is 1.76. The van der Waals surface area contributed by atoms with Crippen LogP contribution in [0.1, 0.15) is 13.3 Å². The third kappa shape index (κ3) is 4.03. The summed E-state index contributed by atoms with van der Waals surface area (Å²) in [5.74, 6) is -0.274. The minimum absolute atomic E-state index is 0.0156. The molecular weight excluding hydrogens is 132 g/mol. The predicted octanol–water partition coefficient (Wildman–Crippen LogP) is -0.960. The molecule has 4 nitrogen and oxygen atoms in total. The highest BCUT2D eigenvalue weighted by molar-refractivity contribution is 5.86. The third-order valence-electron chi connectivity index (χ3n) is 1.06. The SMILES string of the molecule is CCC(=O)CNC(=O)CN. The van der Waals surface area contributed by atoms with Crippen molar-refractivity contribution in [2.75, 3.05) is 13.1 Å². The van der Waals surface area contributed by atoms with Crippen molar-refractivity contribution in [3.05, 3.63) is 0 Å². The molecular formula is C6H12N2O2. The first-order chi connectivity index (χ1) is 4.70. The lowest BCUT2D eigenvalue weighted by Gasteiger charge is -1.98. The summed E-state index contributed by atoms with van der Waals surface area (Å²) in [7, 11) is 0. The molecule has 0 unspecified atom stereocenters. The van der Waals surface area contributed by atoms with E-state index in [2.05, 4.69) is 5.32 Å². The van der Waals surface area contributed by atoms with Crippen molar-refractivity contribution < 1.29 is 9.59 Å². The van der Waals surface area contributed by atoms with Crippen LogP contribution in [0, 0.1) is 0 Å². The number of Topliss-reactive ketones (excluding diaryl/α,β-unsaturated/α-hetero) is 1. The zero-order valence-electron chi connectivity index (χ0n) is 6.02. The largest absolute Gasteiger partial charge is 0.348 e. The van der Waals surface area contributed by atoms with Gasteiger partial charge >= 0.3 is 0 Å². The van der Waals surface area contributed by atoms with Crippen LogP contribution in [-0.4, -0.2) is 24.8 Å². The summed E-state index contributed by atoms with van der Waals surface area (Å²) >= 11 is 0. The van der Waals surface area contributed by atoms with Crippen LogP contribution >= 0.6 is 0 Å². The Labute approximate surface area is 59.8 Å². The van der Waals surface area contributed by atoms with Crippen LogP contribution in [0.3, 0.4) is 0 Å². The second kappa shape index (κ2) is 4.93. The van der Waals surface area contributed by atoms with Crippen molar-refractivity contribution >= 4 is 11.7 Å². The molecule has 58 valence electrons. The van der Waals surface area contributed by atoms with Crippen LogP contribution in [-0.2, 0) is 9.59 Å². The van der Waals surface area contributed by atoms with Gasteiger partial charge in [-0.25, -0.2) is 0 Å². The maximum atomic E-state index is 10.6. The Morgan fingerprint density at radius 1 is 1.50 bits per heavy atom. The van der Waals surface area contributed by atoms with E-state index < -0.39 is 0 Å². The zero-order chi connectivity index (χ0) is 7.98. The van der Waals surface area contributed by atoms with Gasteiger partial charge in [-0.1, -0.05) is 6.92 Å². The number of hydrogen-bond donors (Lipinski definition) is 2. The van der Waals surface area contributed by atoms with Gasteiger partial charge in [-0.2, -0.15) is 0 Å². The Bertz CT molecular complexity index is 118. The lowest BCUT2D eigenvalue weighted by atomic mass is 10.3. The highest BCUT2D eigenvalue weighted by atomic mass is 16.2. The number of carbonyl (C=O) groups excluding carboxylic acids is 2. The van der Waals surface area contributed by atoms with Crippen molar-refractivity contribution in [1.82, 2.24) is 5.32 Å². The van der Waals surface area contributed by atoms with Crippen LogP contribution in [0.2, 0.25) is 0 Å². The van der Waals surface area contributed by atoms with Crippen molar-refractivity contribution in [2.45, 2.75) is 13.3 Å². The second-order valence-electron chi connectivity index (χ2n) is 1.87. The van der Waals surface area contributed by atoms with E-state index in [4.69, 9.17) is 5.73 Å². The van der Waals surface area contributed by atoms with E-state index in [1.54, 1.807) is 6.92 Å². The average molecular weight is 144 g/mol. The number of nitrogens with two attached hydrogens (primary N) is 1. The maximum Gasteiger partial charge on any atom is 0.234 e. The summed E-state index contributed by atoms with van der Waals surface area (Å²) in [6.45, 7) is 1.79. The van der Waals surface area contributed by atoms with E-state index >= 15 is 0 Å². The summed E-state index contributed by atoms with van der Waals surface area (Å²) in [6.07, 6.45) is 0.449. The molecule has 0 aliphatic heterocycles. The Kier molecular flexibility index (Phi) is 4.49. The second-order valence-corrected chi connectivity index (χ2v) is 1.87. The molecule has 0 aromatic rings. The molecule has 0 rings (SSSR count). The van der Waals surface area contributed by atoms with Crippen molar-refractivity contribution in [2.24, 2.45) is 5.73 Å². The van der Waals surface area contributed by atoms with Crippen molar-refractivity contribution in [1.29, 1.82) is 0 Å². The molecule has 0 radical (unpaired) electrons. The molecule has 0 aromatic carbocycles. The van der Waals surface area contributed by atoms with Crippen molar-refractivity contribution in [3.8, 4) is 0 Å². The van der Waals surface area contributed by atoms with Crippen LogP contribution in [0.5, 0.6) is 0 Å². The number of hydrogen-bond acceptors (Lipinski definition) is 3. The van der Waals surface area contributed by atoms with E-state index in [0.717, 1.165) is 0 Å². The lowest BCUT2D eigenvalue weighted by molar-refractivity contribution is -0.124. The van der Waals surface area contributed by atoms with Gasteiger partial charge in [0.25, 0.3) is 0 Å². The number of nitrogens with one attached hydrogen (secondary N) is 1. The van der Waals surface area contributed by atoms with Crippen LogP contribution < -0.4 is 11.1 Å². The summed E-state index contributed by atoms with van der Waals surface area (Å²) in [6, 6.07) is 0. The van der Waals surface area contributed by atoms with Crippen molar-refractivity contribution in [3.63, 3.8) is 0 Å². The third-order valence-corrected chi connectivity index (χ3v) is 1.06. The fourth-order valence-electron chi connectivity index (χ4n) is 0.394. The van der Waals surface area contributed by atoms with Crippen LogP contribution in [0.25, 0.3) is 0 Å². The molecule has 0 fully saturated rings. The van der Waals surface area contributed by atoms with Gasteiger partial charge in [0.1, 0.15) is 0 Å². The number of carbonyl (C=O) groups is 2. The Morgan fingerprint density at radius 3 is 2.50 bits per heavy atom. The molecule has 0 heterocycles. The van der Waals surface area contributed by atoms with Crippen LogP contribution in [0.15, 0.2) is 0 Å². The quantitative estimate of drug-likeness (QED) is 0.533. The minimum Gasteiger partial charge on any atom is -0.348 e. The lowest BCUT2D eigenvalue weighted by Crippen LogP contribution is -2.34. The van der Waals surface area contributed by atoms with E-state index in [1.165, 1.54) is 0 Å². The standard InChI is InChI=1S/C6H12N2O2/c1-2-5(9)4-8-6(10)3-7/h2-4,7H2,1H3,(H,8,10). The first-order valence-corrected chi connectivity index (χ1v) is 3.19. The first-order valence-electron chi connectivity index (χ1n) is 3.19. The fourth-order valence-corrected chi connectivity index (χ4v) is 0.394. The molecule has 0 aromatic heterocycles. The van der Waals surface area contributed by atoms with E-state index in [-0.39, 0.29) is 24.8 Å². The average Bonchev–Trinajstić information content (AvgIpc) is 1.99. The van der Waals surface area contributed by atoms with E-state index in [9.17, 15) is 9.59 Å². The molecule has 3 N–H and O–H groups in total. The van der Waals surface area contributed by atoms with Gasteiger partial charge in [-0.15, -0.1) is 0 Å². The van der Waals surface area contributed by atoms with Gasteiger partial charge in [0.15, 0.2) is 5.78 Å². The molecule has 10 heavy (non-hydrogen) atoms. The summed E-state index contributed by atoms with van der Waals surface area (Å²) in [4.78, 5) is 21.0.